The van der Waals surface area contributed by atoms with Crippen LogP contribution in [0, 0.1) is 0 Å². The summed E-state index contributed by atoms with van der Waals surface area (Å²) in [4.78, 5) is 42.1. The number of hydrogen-bond donors (Lipinski definition) is 2. The third-order valence-corrected chi connectivity index (χ3v) is 4.32. The van der Waals surface area contributed by atoms with E-state index in [9.17, 15) is 14.4 Å². The highest BCUT2D eigenvalue weighted by atomic mass is 16.2. The first kappa shape index (κ1) is 19.3. The molecule has 0 aliphatic carbocycles. The molecule has 8 nitrogen and oxygen atoms in total. The summed E-state index contributed by atoms with van der Waals surface area (Å²) < 4.78 is 1.29. The zero-order valence-corrected chi connectivity index (χ0v) is 15.5. The Balaban J connectivity index is 2.37. The van der Waals surface area contributed by atoms with E-state index in [4.69, 9.17) is 5.73 Å². The zero-order chi connectivity index (χ0) is 19.4. The summed E-state index contributed by atoms with van der Waals surface area (Å²) in [5.74, 6) is -0.118. The van der Waals surface area contributed by atoms with Crippen molar-refractivity contribution in [3.8, 4) is 0 Å². The molecule has 0 saturated carbocycles. The van der Waals surface area contributed by atoms with Gasteiger partial charge in [-0.25, -0.2) is 4.79 Å². The Kier molecular flexibility index (Phi) is 5.86. The summed E-state index contributed by atoms with van der Waals surface area (Å²) >= 11 is 0. The molecule has 2 aromatic rings. The number of rotatable bonds is 6. The summed E-state index contributed by atoms with van der Waals surface area (Å²) in [6.07, 6.45) is 0. The monoisotopic (exact) mass is 359 g/mol. The van der Waals surface area contributed by atoms with E-state index in [1.165, 1.54) is 9.47 Å². The lowest BCUT2D eigenvalue weighted by Crippen LogP contribution is -2.43. The first-order valence-corrected chi connectivity index (χ1v) is 8.35. The number of nitrogen functional groups attached to an aromatic ring is 1. The van der Waals surface area contributed by atoms with Crippen LogP contribution in [-0.2, 0) is 11.3 Å². The van der Waals surface area contributed by atoms with Crippen molar-refractivity contribution < 1.29 is 4.79 Å². The number of nitrogens with zero attached hydrogens (tertiary/aromatic N) is 3. The molecule has 0 aliphatic rings. The van der Waals surface area contributed by atoms with Crippen LogP contribution in [0.2, 0.25) is 0 Å². The molecule has 1 aromatic carbocycles. The largest absolute Gasteiger partial charge is 0.383 e. The molecule has 8 heteroatoms. The summed E-state index contributed by atoms with van der Waals surface area (Å²) in [6.45, 7) is 4.01. The van der Waals surface area contributed by atoms with Crippen molar-refractivity contribution in [1.82, 2.24) is 14.5 Å². The minimum Gasteiger partial charge on any atom is -0.383 e. The summed E-state index contributed by atoms with van der Waals surface area (Å²) in [5, 5.41) is 0. The molecule has 1 aromatic heterocycles. The van der Waals surface area contributed by atoms with Gasteiger partial charge in [0.1, 0.15) is 11.5 Å². The Labute approximate surface area is 151 Å². The fourth-order valence-corrected chi connectivity index (χ4v) is 2.55. The molecule has 1 amide bonds. The van der Waals surface area contributed by atoms with Gasteiger partial charge in [-0.3, -0.25) is 19.1 Å². The molecule has 140 valence electrons. The molecule has 0 saturated heterocycles. The van der Waals surface area contributed by atoms with Gasteiger partial charge in [-0.1, -0.05) is 30.3 Å². The third kappa shape index (κ3) is 4.14. The fraction of sp³-hybridized carbons (Fsp3) is 0.389. The minimum absolute atomic E-state index is 0.0223. The Hall–Kier alpha value is -3.03. The maximum atomic E-state index is 12.3. The van der Waals surface area contributed by atoms with E-state index in [-0.39, 0.29) is 36.5 Å². The average molecular weight is 359 g/mol. The third-order valence-electron chi connectivity index (χ3n) is 4.32. The van der Waals surface area contributed by atoms with Gasteiger partial charge < -0.3 is 15.5 Å². The molecule has 0 radical (unpaired) electrons. The second-order valence-electron chi connectivity index (χ2n) is 6.52. The van der Waals surface area contributed by atoms with Crippen molar-refractivity contribution in [3.05, 3.63) is 56.7 Å². The van der Waals surface area contributed by atoms with Gasteiger partial charge in [-0.05, 0) is 19.4 Å². The average Bonchev–Trinajstić information content (AvgIpc) is 2.58. The van der Waals surface area contributed by atoms with Crippen LogP contribution in [0.3, 0.4) is 0 Å². The van der Waals surface area contributed by atoms with E-state index < -0.39 is 11.2 Å². The standard InChI is InChI=1S/C18H25N5O3/c1-12(2)22(4)14(24)11-21(3)15-16(19)23(18(26)20-17(15)25)10-13-8-6-5-7-9-13/h5-9,12H,10-11,19H2,1-4H3,(H,20,25,26). The number of nitrogens with two attached hydrogens (primary N) is 1. The van der Waals surface area contributed by atoms with E-state index >= 15 is 0 Å². The first-order chi connectivity index (χ1) is 12.2. The Morgan fingerprint density at radius 2 is 1.81 bits per heavy atom. The molecule has 0 spiro atoms. The van der Waals surface area contributed by atoms with Crippen LogP contribution in [0.1, 0.15) is 19.4 Å². The molecule has 0 aliphatic heterocycles. The van der Waals surface area contributed by atoms with Crippen LogP contribution in [0.5, 0.6) is 0 Å². The first-order valence-electron chi connectivity index (χ1n) is 8.35. The molecule has 0 fully saturated rings. The topological polar surface area (TPSA) is 104 Å². The number of aromatic nitrogens is 2. The van der Waals surface area contributed by atoms with Crippen molar-refractivity contribution in [3.63, 3.8) is 0 Å². The molecule has 1 heterocycles. The van der Waals surface area contributed by atoms with Crippen LogP contribution < -0.4 is 21.9 Å². The highest BCUT2D eigenvalue weighted by Gasteiger charge is 2.20. The summed E-state index contributed by atoms with van der Waals surface area (Å²) in [5.41, 5.74) is 5.90. The number of aromatic amines is 1. The number of likely N-dealkylation sites (N-methyl/N-ethyl adjacent to an activating group) is 2. The molecular weight excluding hydrogens is 334 g/mol. The number of nitrogens with one attached hydrogen (secondary N) is 1. The highest BCUT2D eigenvalue weighted by molar-refractivity contribution is 5.82. The molecule has 3 N–H and O–H groups in total. The number of carbonyl (C=O) groups is 1. The van der Waals surface area contributed by atoms with Crippen molar-refractivity contribution >= 4 is 17.4 Å². The SMILES string of the molecule is CC(C)N(C)C(=O)CN(C)c1c(N)n(Cc2ccccc2)c(=O)[nH]c1=O. The second-order valence-corrected chi connectivity index (χ2v) is 6.52. The number of amides is 1. The Morgan fingerprint density at radius 1 is 1.19 bits per heavy atom. The molecule has 0 bridgehead atoms. The summed E-state index contributed by atoms with van der Waals surface area (Å²) in [6, 6.07) is 9.35. The number of H-pyrrole nitrogens is 1. The van der Waals surface area contributed by atoms with Gasteiger partial charge in [-0.15, -0.1) is 0 Å². The van der Waals surface area contributed by atoms with E-state index in [0.717, 1.165) is 5.56 Å². The minimum atomic E-state index is -0.612. The fourth-order valence-electron chi connectivity index (χ4n) is 2.55. The van der Waals surface area contributed by atoms with Crippen molar-refractivity contribution in [2.45, 2.75) is 26.4 Å². The lowest BCUT2D eigenvalue weighted by Gasteiger charge is -2.26. The quantitative estimate of drug-likeness (QED) is 0.780. The van der Waals surface area contributed by atoms with Gasteiger partial charge in [-0.2, -0.15) is 0 Å². The van der Waals surface area contributed by atoms with Crippen LogP contribution in [0.25, 0.3) is 0 Å². The maximum absolute atomic E-state index is 12.3. The lowest BCUT2D eigenvalue weighted by molar-refractivity contribution is -0.129. The predicted octanol–water partition coefficient (Wildman–Crippen LogP) is 0.470. The maximum Gasteiger partial charge on any atom is 0.330 e. The lowest BCUT2D eigenvalue weighted by atomic mass is 10.2. The van der Waals surface area contributed by atoms with E-state index in [2.05, 4.69) is 4.98 Å². The van der Waals surface area contributed by atoms with Crippen LogP contribution in [0.4, 0.5) is 11.5 Å². The van der Waals surface area contributed by atoms with E-state index in [1.54, 1.807) is 19.0 Å². The molecule has 0 atom stereocenters. The number of carbonyl (C=O) groups excluding carboxylic acids is 1. The van der Waals surface area contributed by atoms with Crippen molar-refractivity contribution in [2.75, 3.05) is 31.3 Å². The molecule has 2 rings (SSSR count). The van der Waals surface area contributed by atoms with Crippen LogP contribution in [-0.4, -0.2) is 47.0 Å². The van der Waals surface area contributed by atoms with Crippen molar-refractivity contribution in [1.29, 1.82) is 0 Å². The number of hydrogen-bond acceptors (Lipinski definition) is 5. The zero-order valence-electron chi connectivity index (χ0n) is 15.5. The summed E-state index contributed by atoms with van der Waals surface area (Å²) in [7, 11) is 3.30. The van der Waals surface area contributed by atoms with E-state index in [1.807, 2.05) is 44.2 Å². The van der Waals surface area contributed by atoms with Gasteiger partial charge in [0.15, 0.2) is 0 Å². The predicted molar refractivity (Wildman–Crippen MR) is 102 cm³/mol. The number of benzene rings is 1. The van der Waals surface area contributed by atoms with Crippen LogP contribution >= 0.6 is 0 Å². The van der Waals surface area contributed by atoms with Gasteiger partial charge in [0.25, 0.3) is 5.56 Å². The van der Waals surface area contributed by atoms with E-state index in [0.29, 0.717) is 0 Å². The molecule has 26 heavy (non-hydrogen) atoms. The van der Waals surface area contributed by atoms with Crippen LogP contribution in [0.15, 0.2) is 39.9 Å². The van der Waals surface area contributed by atoms with Gasteiger partial charge in [0.05, 0.1) is 13.1 Å². The molecular formula is C18H25N5O3. The van der Waals surface area contributed by atoms with Gasteiger partial charge in [0.2, 0.25) is 5.91 Å². The van der Waals surface area contributed by atoms with Gasteiger partial charge in [0, 0.05) is 20.1 Å². The number of anilines is 2. The second kappa shape index (κ2) is 7.90. The highest BCUT2D eigenvalue weighted by Crippen LogP contribution is 2.16. The Bertz CT molecular complexity index is 886. The normalized spacial score (nSPS) is 10.8. The molecule has 0 unspecified atom stereocenters. The van der Waals surface area contributed by atoms with Crippen molar-refractivity contribution in [2.24, 2.45) is 0 Å². The smallest absolute Gasteiger partial charge is 0.330 e. The van der Waals surface area contributed by atoms with Gasteiger partial charge >= 0.3 is 5.69 Å². The Morgan fingerprint density at radius 3 is 2.38 bits per heavy atom.